The number of pyridine rings is 1. The van der Waals surface area contributed by atoms with Gasteiger partial charge < -0.3 is 14.4 Å². The molecule has 0 N–H and O–H groups in total. The van der Waals surface area contributed by atoms with Crippen molar-refractivity contribution in [3.8, 4) is 0 Å². The van der Waals surface area contributed by atoms with Crippen LogP contribution in [0.5, 0.6) is 0 Å². The molecule has 0 spiro atoms. The Hall–Kier alpha value is -2.25. The zero-order valence-electron chi connectivity index (χ0n) is 13.4. The zero-order chi connectivity index (χ0) is 17.6. The number of nitrogens with zero attached hydrogens (tertiary/aromatic N) is 2. The molecule has 3 rings (SSSR count). The van der Waals surface area contributed by atoms with Crippen molar-refractivity contribution in [3.63, 3.8) is 0 Å². The molecule has 0 bridgehead atoms. The largest absolute Gasteiger partial charge is 0.444 e. The first kappa shape index (κ1) is 17.6. The molecule has 1 aliphatic rings. The molecule has 130 valence electrons. The Bertz CT molecular complexity index is 748. The molecule has 7 heteroatoms. The molecule has 6 nitrogen and oxygen atoms in total. The summed E-state index contributed by atoms with van der Waals surface area (Å²) < 4.78 is 11.5. The van der Waals surface area contributed by atoms with Crippen molar-refractivity contribution in [2.75, 3.05) is 26.3 Å². The molecule has 1 aromatic carbocycles. The van der Waals surface area contributed by atoms with Crippen molar-refractivity contribution in [1.82, 2.24) is 9.88 Å². The summed E-state index contributed by atoms with van der Waals surface area (Å²) in [6, 6.07) is 10.6. The third kappa shape index (κ3) is 4.43. The maximum absolute atomic E-state index is 12.9. The van der Waals surface area contributed by atoms with E-state index < -0.39 is 12.1 Å². The fourth-order valence-corrected chi connectivity index (χ4v) is 2.90. The molecule has 1 unspecified atom stereocenters. The fraction of sp³-hybridized carbons (Fsp3) is 0.278. The van der Waals surface area contributed by atoms with Gasteiger partial charge in [0.05, 0.1) is 18.8 Å². The van der Waals surface area contributed by atoms with Crippen molar-refractivity contribution < 1.29 is 19.1 Å². The molecule has 1 atom stereocenters. The van der Waals surface area contributed by atoms with E-state index in [2.05, 4.69) is 20.9 Å². The highest BCUT2D eigenvalue weighted by atomic mass is 79.9. The summed E-state index contributed by atoms with van der Waals surface area (Å²) in [4.78, 5) is 31.0. The van der Waals surface area contributed by atoms with Crippen LogP contribution in [0.1, 0.15) is 22.0 Å². The van der Waals surface area contributed by atoms with Gasteiger partial charge in [0.1, 0.15) is 0 Å². The van der Waals surface area contributed by atoms with Crippen LogP contribution >= 0.6 is 15.9 Å². The monoisotopic (exact) mass is 404 g/mol. The summed E-state index contributed by atoms with van der Waals surface area (Å²) in [6.07, 6.45) is 1.99. The number of ether oxygens (including phenoxy) is 2. The number of morpholine rings is 1. The molecule has 1 aliphatic heterocycles. The van der Waals surface area contributed by atoms with E-state index in [9.17, 15) is 9.59 Å². The smallest absolute Gasteiger partial charge is 0.340 e. The van der Waals surface area contributed by atoms with Gasteiger partial charge in [0, 0.05) is 35.5 Å². The number of halogens is 1. The van der Waals surface area contributed by atoms with E-state index in [4.69, 9.17) is 9.47 Å². The molecule has 1 aromatic heterocycles. The van der Waals surface area contributed by atoms with Crippen molar-refractivity contribution in [2.24, 2.45) is 0 Å². The summed E-state index contributed by atoms with van der Waals surface area (Å²) in [5, 5.41) is 0. The van der Waals surface area contributed by atoms with Gasteiger partial charge in [0.25, 0.3) is 5.91 Å². The number of rotatable bonds is 4. The normalized spacial score (nSPS) is 15.5. The Morgan fingerprint density at radius 3 is 2.56 bits per heavy atom. The standard InChI is InChI=1S/C18H17BrN2O4/c19-15-10-14(11-20-12-15)18(23)25-16(13-4-2-1-3-5-13)17(22)21-6-8-24-9-7-21/h1-5,10-12,16H,6-9H2. The van der Waals surface area contributed by atoms with Crippen molar-refractivity contribution in [3.05, 3.63) is 64.4 Å². The molecule has 2 aromatic rings. The van der Waals surface area contributed by atoms with Gasteiger partial charge in [0.2, 0.25) is 6.10 Å². The highest BCUT2D eigenvalue weighted by Crippen LogP contribution is 2.23. The van der Waals surface area contributed by atoms with Crippen LogP contribution in [0.15, 0.2) is 53.3 Å². The van der Waals surface area contributed by atoms with Gasteiger partial charge >= 0.3 is 5.97 Å². The highest BCUT2D eigenvalue weighted by molar-refractivity contribution is 9.10. The third-order valence-corrected chi connectivity index (χ3v) is 4.25. The van der Waals surface area contributed by atoms with E-state index in [1.165, 1.54) is 6.20 Å². The zero-order valence-corrected chi connectivity index (χ0v) is 15.0. The van der Waals surface area contributed by atoms with Crippen LogP contribution in [0.2, 0.25) is 0 Å². The van der Waals surface area contributed by atoms with Gasteiger partial charge in [-0.25, -0.2) is 4.79 Å². The van der Waals surface area contributed by atoms with Gasteiger partial charge in [-0.05, 0) is 22.0 Å². The second kappa shape index (κ2) is 8.22. The van der Waals surface area contributed by atoms with E-state index in [-0.39, 0.29) is 11.5 Å². The number of carbonyl (C=O) groups is 2. The SMILES string of the molecule is O=C(OC(C(=O)N1CCOCC1)c1ccccc1)c1cncc(Br)c1. The average Bonchev–Trinajstić information content (AvgIpc) is 2.67. The summed E-state index contributed by atoms with van der Waals surface area (Å²) in [7, 11) is 0. The summed E-state index contributed by atoms with van der Waals surface area (Å²) in [6.45, 7) is 1.93. The Morgan fingerprint density at radius 2 is 1.88 bits per heavy atom. The number of carbonyl (C=O) groups excluding carboxylic acids is 2. The molecular weight excluding hydrogens is 388 g/mol. The lowest BCUT2D eigenvalue weighted by molar-refractivity contribution is -0.145. The Balaban J connectivity index is 1.83. The van der Waals surface area contributed by atoms with Crippen LogP contribution in [-0.2, 0) is 14.3 Å². The van der Waals surface area contributed by atoms with E-state index in [1.54, 1.807) is 29.3 Å². The predicted molar refractivity (Wildman–Crippen MR) is 93.9 cm³/mol. The molecule has 0 radical (unpaired) electrons. The lowest BCUT2D eigenvalue weighted by Crippen LogP contribution is -2.44. The first-order chi connectivity index (χ1) is 12.1. The first-order valence-electron chi connectivity index (χ1n) is 7.88. The van der Waals surface area contributed by atoms with E-state index >= 15 is 0 Å². The Labute approximate surface area is 153 Å². The number of hydrogen-bond donors (Lipinski definition) is 0. The summed E-state index contributed by atoms with van der Waals surface area (Å²) >= 11 is 3.27. The highest BCUT2D eigenvalue weighted by Gasteiger charge is 2.30. The van der Waals surface area contributed by atoms with E-state index in [0.717, 1.165) is 0 Å². The van der Waals surface area contributed by atoms with Crippen molar-refractivity contribution >= 4 is 27.8 Å². The quantitative estimate of drug-likeness (QED) is 0.732. The minimum Gasteiger partial charge on any atom is -0.444 e. The Morgan fingerprint density at radius 1 is 1.16 bits per heavy atom. The van der Waals surface area contributed by atoms with Crippen molar-refractivity contribution in [2.45, 2.75) is 6.10 Å². The number of amides is 1. The summed E-state index contributed by atoms with van der Waals surface area (Å²) in [5.41, 5.74) is 0.917. The van der Waals surface area contributed by atoms with Crippen LogP contribution in [0.4, 0.5) is 0 Å². The molecule has 2 heterocycles. The first-order valence-corrected chi connectivity index (χ1v) is 8.67. The average molecular weight is 405 g/mol. The van der Waals surface area contributed by atoms with Crippen LogP contribution in [-0.4, -0.2) is 48.1 Å². The van der Waals surface area contributed by atoms with Crippen LogP contribution in [0, 0.1) is 0 Å². The third-order valence-electron chi connectivity index (χ3n) is 3.81. The topological polar surface area (TPSA) is 68.7 Å². The van der Waals surface area contributed by atoms with Crippen LogP contribution < -0.4 is 0 Å². The molecule has 1 fully saturated rings. The predicted octanol–water partition coefficient (Wildman–Crippen LogP) is 2.60. The molecular formula is C18H17BrN2O4. The van der Waals surface area contributed by atoms with Gasteiger partial charge in [-0.1, -0.05) is 30.3 Å². The Kier molecular flexibility index (Phi) is 5.78. The molecule has 0 aliphatic carbocycles. The minimum atomic E-state index is -0.995. The van der Waals surface area contributed by atoms with Crippen LogP contribution in [0.25, 0.3) is 0 Å². The number of hydrogen-bond acceptors (Lipinski definition) is 5. The van der Waals surface area contributed by atoms with Gasteiger partial charge in [0.15, 0.2) is 0 Å². The van der Waals surface area contributed by atoms with E-state index in [1.807, 2.05) is 18.2 Å². The van der Waals surface area contributed by atoms with Gasteiger partial charge in [-0.3, -0.25) is 9.78 Å². The van der Waals surface area contributed by atoms with Crippen LogP contribution in [0.3, 0.4) is 0 Å². The van der Waals surface area contributed by atoms with Crippen molar-refractivity contribution in [1.29, 1.82) is 0 Å². The van der Waals surface area contributed by atoms with Gasteiger partial charge in [-0.15, -0.1) is 0 Å². The van der Waals surface area contributed by atoms with Gasteiger partial charge in [-0.2, -0.15) is 0 Å². The number of aromatic nitrogens is 1. The maximum Gasteiger partial charge on any atom is 0.340 e. The molecule has 1 saturated heterocycles. The number of benzene rings is 1. The second-order valence-corrected chi connectivity index (χ2v) is 6.44. The molecule has 1 amide bonds. The fourth-order valence-electron chi connectivity index (χ4n) is 2.54. The lowest BCUT2D eigenvalue weighted by atomic mass is 10.1. The lowest BCUT2D eigenvalue weighted by Gasteiger charge is -2.30. The number of esters is 1. The minimum absolute atomic E-state index is 0.245. The molecule has 25 heavy (non-hydrogen) atoms. The second-order valence-electron chi connectivity index (χ2n) is 5.53. The summed E-state index contributed by atoms with van der Waals surface area (Å²) in [5.74, 6) is -0.838. The van der Waals surface area contributed by atoms with E-state index in [0.29, 0.717) is 36.3 Å². The maximum atomic E-state index is 12.9. The molecule has 0 saturated carbocycles.